The van der Waals surface area contributed by atoms with Crippen LogP contribution >= 0.6 is 11.8 Å². The maximum atomic E-state index is 13.0. The lowest BCUT2D eigenvalue weighted by Gasteiger charge is -2.26. The topological polar surface area (TPSA) is 20.2 Å². The van der Waals surface area contributed by atoms with Gasteiger partial charge in [0.2, 0.25) is 0 Å². The van der Waals surface area contributed by atoms with Gasteiger partial charge in [-0.1, -0.05) is 12.5 Å². The first-order chi connectivity index (χ1) is 8.16. The number of rotatable bonds is 3. The Morgan fingerprint density at radius 3 is 2.94 bits per heavy atom. The third-order valence-electron chi connectivity index (χ3n) is 3.38. The second-order valence-electron chi connectivity index (χ2n) is 4.75. The van der Waals surface area contributed by atoms with Gasteiger partial charge in [0.1, 0.15) is 5.82 Å². The second-order valence-corrected chi connectivity index (χ2v) is 6.09. The molecule has 0 saturated carbocycles. The Morgan fingerprint density at radius 2 is 2.29 bits per heavy atom. The van der Waals surface area contributed by atoms with Gasteiger partial charge in [0.25, 0.3) is 0 Å². The molecule has 0 aliphatic carbocycles. The monoisotopic (exact) mass is 254 g/mol. The fourth-order valence-corrected chi connectivity index (χ4v) is 3.64. The molecular formula is C14H19FOS. The molecule has 0 bridgehead atoms. The molecule has 1 fully saturated rings. The Labute approximate surface area is 106 Å². The minimum absolute atomic E-state index is 0.201. The van der Waals surface area contributed by atoms with Crippen molar-refractivity contribution in [2.75, 3.05) is 5.75 Å². The molecule has 1 saturated heterocycles. The van der Waals surface area contributed by atoms with E-state index in [9.17, 15) is 9.50 Å². The average Bonchev–Trinajstić information content (AvgIpc) is 2.34. The molecule has 1 aliphatic rings. The molecule has 0 aromatic heterocycles. The molecule has 0 amide bonds. The summed E-state index contributed by atoms with van der Waals surface area (Å²) in [6, 6.07) is 4.81. The van der Waals surface area contributed by atoms with E-state index in [1.807, 2.05) is 18.7 Å². The van der Waals surface area contributed by atoms with Crippen molar-refractivity contribution in [1.82, 2.24) is 0 Å². The summed E-state index contributed by atoms with van der Waals surface area (Å²) in [5, 5.41) is 10.6. The highest BCUT2D eigenvalue weighted by Gasteiger charge is 2.22. The third kappa shape index (κ3) is 3.46. The van der Waals surface area contributed by atoms with Gasteiger partial charge in [-0.15, -0.1) is 0 Å². The molecule has 1 heterocycles. The van der Waals surface area contributed by atoms with Gasteiger partial charge in [0, 0.05) is 5.25 Å². The van der Waals surface area contributed by atoms with Crippen LogP contribution in [0.1, 0.15) is 30.4 Å². The van der Waals surface area contributed by atoms with Crippen LogP contribution in [0, 0.1) is 12.7 Å². The highest BCUT2D eigenvalue weighted by Crippen LogP contribution is 2.29. The van der Waals surface area contributed by atoms with Crippen molar-refractivity contribution in [3.05, 3.63) is 35.1 Å². The number of hydrogen-bond donors (Lipinski definition) is 1. The van der Waals surface area contributed by atoms with Gasteiger partial charge in [0.05, 0.1) is 6.10 Å². The lowest BCUT2D eigenvalue weighted by molar-refractivity contribution is 0.166. The summed E-state index contributed by atoms with van der Waals surface area (Å²) in [5.74, 6) is 0.956. The molecule has 0 radical (unpaired) electrons. The zero-order chi connectivity index (χ0) is 12.3. The SMILES string of the molecule is Cc1cc(F)ccc1CC(O)C1CCCCS1. The standard InChI is InChI=1S/C14H19FOS/c1-10-8-12(15)6-5-11(10)9-13(16)14-4-2-3-7-17-14/h5-6,8,13-14,16H,2-4,7,9H2,1H3. The minimum atomic E-state index is -0.301. The van der Waals surface area contributed by atoms with E-state index < -0.39 is 0 Å². The van der Waals surface area contributed by atoms with E-state index in [0.717, 1.165) is 23.3 Å². The van der Waals surface area contributed by atoms with Gasteiger partial charge >= 0.3 is 0 Å². The lowest BCUT2D eigenvalue weighted by Crippen LogP contribution is -2.28. The first kappa shape index (κ1) is 12.9. The van der Waals surface area contributed by atoms with E-state index in [1.54, 1.807) is 6.07 Å². The van der Waals surface area contributed by atoms with Gasteiger partial charge in [-0.2, -0.15) is 11.8 Å². The Bertz CT molecular complexity index is 374. The van der Waals surface area contributed by atoms with E-state index >= 15 is 0 Å². The number of aliphatic hydroxyl groups is 1. The molecule has 2 rings (SSSR count). The van der Waals surface area contributed by atoms with Gasteiger partial charge in [-0.3, -0.25) is 0 Å². The fraction of sp³-hybridized carbons (Fsp3) is 0.571. The summed E-state index contributed by atoms with van der Waals surface area (Å²) in [6.07, 6.45) is 3.93. The van der Waals surface area contributed by atoms with Crippen molar-refractivity contribution < 1.29 is 9.50 Å². The van der Waals surface area contributed by atoms with Crippen LogP contribution in [0.25, 0.3) is 0 Å². The zero-order valence-electron chi connectivity index (χ0n) is 10.2. The van der Waals surface area contributed by atoms with Gasteiger partial charge in [-0.25, -0.2) is 4.39 Å². The van der Waals surface area contributed by atoms with Crippen LogP contribution in [0.4, 0.5) is 4.39 Å². The second kappa shape index (κ2) is 5.87. The summed E-state index contributed by atoms with van der Waals surface area (Å²) in [6.45, 7) is 1.90. The first-order valence-electron chi connectivity index (χ1n) is 6.21. The minimum Gasteiger partial charge on any atom is -0.392 e. The van der Waals surface area contributed by atoms with Crippen LogP contribution in [0.5, 0.6) is 0 Å². The molecule has 94 valence electrons. The molecular weight excluding hydrogens is 235 g/mol. The predicted molar refractivity (Wildman–Crippen MR) is 70.9 cm³/mol. The predicted octanol–water partition coefficient (Wildman–Crippen LogP) is 3.32. The van der Waals surface area contributed by atoms with E-state index in [-0.39, 0.29) is 11.9 Å². The Morgan fingerprint density at radius 1 is 1.47 bits per heavy atom. The number of hydrogen-bond acceptors (Lipinski definition) is 2. The molecule has 1 aromatic rings. The van der Waals surface area contributed by atoms with Crippen molar-refractivity contribution in [3.8, 4) is 0 Å². The van der Waals surface area contributed by atoms with Gasteiger partial charge < -0.3 is 5.11 Å². The van der Waals surface area contributed by atoms with Crippen molar-refractivity contribution in [3.63, 3.8) is 0 Å². The zero-order valence-corrected chi connectivity index (χ0v) is 11.0. The summed E-state index contributed by atoms with van der Waals surface area (Å²) < 4.78 is 13.0. The molecule has 1 aromatic carbocycles. The first-order valence-corrected chi connectivity index (χ1v) is 7.26. The molecule has 0 spiro atoms. The number of halogens is 1. The summed E-state index contributed by atoms with van der Waals surface area (Å²) >= 11 is 1.88. The number of aliphatic hydroxyl groups excluding tert-OH is 1. The van der Waals surface area contributed by atoms with Crippen molar-refractivity contribution in [2.24, 2.45) is 0 Å². The maximum Gasteiger partial charge on any atom is 0.123 e. The third-order valence-corrected chi connectivity index (χ3v) is 4.88. The molecule has 1 N–H and O–H groups in total. The molecule has 3 heteroatoms. The van der Waals surface area contributed by atoms with E-state index in [2.05, 4.69) is 0 Å². The summed E-state index contributed by atoms with van der Waals surface area (Å²) in [5.41, 5.74) is 2.00. The molecule has 1 nitrogen and oxygen atoms in total. The van der Waals surface area contributed by atoms with Crippen LogP contribution in [-0.4, -0.2) is 22.2 Å². The van der Waals surface area contributed by atoms with Crippen molar-refractivity contribution >= 4 is 11.8 Å². The quantitative estimate of drug-likeness (QED) is 0.893. The number of aryl methyl sites for hydroxylation is 1. The number of benzene rings is 1. The average molecular weight is 254 g/mol. The maximum absolute atomic E-state index is 13.0. The largest absolute Gasteiger partial charge is 0.392 e. The smallest absolute Gasteiger partial charge is 0.123 e. The van der Waals surface area contributed by atoms with E-state index in [1.165, 1.54) is 25.0 Å². The fourth-order valence-electron chi connectivity index (χ4n) is 2.31. The van der Waals surface area contributed by atoms with Gasteiger partial charge in [-0.05, 0) is 55.2 Å². The van der Waals surface area contributed by atoms with Crippen LogP contribution in [0.2, 0.25) is 0 Å². The van der Waals surface area contributed by atoms with E-state index in [4.69, 9.17) is 0 Å². The Balaban J connectivity index is 1.99. The molecule has 1 aliphatic heterocycles. The Kier molecular flexibility index (Phi) is 4.46. The number of thioether (sulfide) groups is 1. The van der Waals surface area contributed by atoms with Gasteiger partial charge in [0.15, 0.2) is 0 Å². The normalized spacial score (nSPS) is 22.4. The van der Waals surface area contributed by atoms with Crippen molar-refractivity contribution in [1.29, 1.82) is 0 Å². The molecule has 17 heavy (non-hydrogen) atoms. The van der Waals surface area contributed by atoms with Crippen LogP contribution < -0.4 is 0 Å². The molecule has 2 atom stereocenters. The highest BCUT2D eigenvalue weighted by molar-refractivity contribution is 8.00. The summed E-state index contributed by atoms with van der Waals surface area (Å²) in [7, 11) is 0. The highest BCUT2D eigenvalue weighted by atomic mass is 32.2. The van der Waals surface area contributed by atoms with Crippen molar-refractivity contribution in [2.45, 2.75) is 44.0 Å². The molecule has 2 unspecified atom stereocenters. The van der Waals surface area contributed by atoms with E-state index in [0.29, 0.717) is 11.7 Å². The lowest BCUT2D eigenvalue weighted by atomic mass is 9.98. The van der Waals surface area contributed by atoms with Crippen LogP contribution in [0.3, 0.4) is 0 Å². The Hall–Kier alpha value is -0.540. The van der Waals surface area contributed by atoms with Crippen LogP contribution in [-0.2, 0) is 6.42 Å². The summed E-state index contributed by atoms with van der Waals surface area (Å²) in [4.78, 5) is 0. The van der Waals surface area contributed by atoms with Crippen LogP contribution in [0.15, 0.2) is 18.2 Å².